The first-order valence-corrected chi connectivity index (χ1v) is 8.95. The van der Waals surface area contributed by atoms with E-state index in [1.165, 1.54) is 4.88 Å². The Morgan fingerprint density at radius 2 is 2.17 bits per heavy atom. The molecule has 2 heterocycles. The molecule has 0 spiro atoms. The van der Waals surface area contributed by atoms with Gasteiger partial charge >= 0.3 is 0 Å². The molecule has 0 aliphatic rings. The molecule has 24 heavy (non-hydrogen) atoms. The highest BCUT2D eigenvalue weighted by atomic mass is 32.1. The summed E-state index contributed by atoms with van der Waals surface area (Å²) in [7, 11) is 0. The van der Waals surface area contributed by atoms with E-state index in [0.717, 1.165) is 30.3 Å². The van der Waals surface area contributed by atoms with Gasteiger partial charge in [-0.2, -0.15) is 0 Å². The lowest BCUT2D eigenvalue weighted by Gasteiger charge is -2.19. The van der Waals surface area contributed by atoms with Crippen LogP contribution in [0.5, 0.6) is 0 Å². The zero-order chi connectivity index (χ0) is 17.6. The zero-order valence-electron chi connectivity index (χ0n) is 14.7. The lowest BCUT2D eigenvalue weighted by molar-refractivity contribution is 0.0428. The molecule has 0 saturated carbocycles. The molecule has 0 aliphatic carbocycles. The third-order valence-corrected chi connectivity index (χ3v) is 4.43. The quantitative estimate of drug-likeness (QED) is 0.527. The largest absolute Gasteiger partial charge is 0.463 e. The summed E-state index contributed by atoms with van der Waals surface area (Å²) in [5.41, 5.74) is -1.14. The average Bonchev–Trinajstić information content (AvgIpc) is 3.14. The highest BCUT2D eigenvalue weighted by Gasteiger charge is 2.26. The van der Waals surface area contributed by atoms with E-state index in [-0.39, 0.29) is 6.54 Å². The molecule has 0 bridgehead atoms. The topological polar surface area (TPSA) is 82.7 Å². The predicted octanol–water partition coefficient (Wildman–Crippen LogP) is 2.36. The first kappa shape index (κ1) is 18.5. The third kappa shape index (κ3) is 5.35. The maximum Gasteiger partial charge on any atom is 0.191 e. The van der Waals surface area contributed by atoms with Crippen molar-refractivity contribution in [1.29, 1.82) is 0 Å². The number of hydrogen-bond donors (Lipinski definition) is 3. The van der Waals surface area contributed by atoms with Crippen LogP contribution in [0.4, 0.5) is 0 Å². The number of nitrogens with zero attached hydrogens (tertiary/aromatic N) is 2. The molecule has 2 aromatic rings. The summed E-state index contributed by atoms with van der Waals surface area (Å²) >= 11 is 1.71. The fourth-order valence-corrected chi connectivity index (χ4v) is 2.97. The Morgan fingerprint density at radius 1 is 1.38 bits per heavy atom. The molecular weight excluding hydrogens is 324 g/mol. The first-order chi connectivity index (χ1) is 11.4. The van der Waals surface area contributed by atoms with Crippen molar-refractivity contribution in [3.8, 4) is 0 Å². The first-order valence-electron chi connectivity index (χ1n) is 8.13. The molecule has 2 rings (SSSR count). The second-order valence-electron chi connectivity index (χ2n) is 5.92. The van der Waals surface area contributed by atoms with Crippen LogP contribution in [0.15, 0.2) is 27.7 Å². The summed E-state index contributed by atoms with van der Waals surface area (Å²) in [6.07, 6.45) is 2.73. The molecule has 0 radical (unpaired) electrons. The Kier molecular flexibility index (Phi) is 6.39. The molecule has 0 aromatic carbocycles. The molecule has 1 unspecified atom stereocenters. The van der Waals surface area contributed by atoms with Gasteiger partial charge in [-0.1, -0.05) is 0 Å². The van der Waals surface area contributed by atoms with E-state index in [1.807, 2.05) is 26.1 Å². The number of aliphatic imine (C=N–C) groups is 1. The molecule has 0 fully saturated rings. The number of aryl methyl sites for hydroxylation is 2. The summed E-state index contributed by atoms with van der Waals surface area (Å²) in [6.45, 7) is 9.33. The predicted molar refractivity (Wildman–Crippen MR) is 97.6 cm³/mol. The van der Waals surface area contributed by atoms with Gasteiger partial charge in [-0.25, -0.2) is 9.98 Å². The van der Waals surface area contributed by atoms with E-state index in [9.17, 15) is 5.11 Å². The molecule has 1 atom stereocenters. The van der Waals surface area contributed by atoms with Crippen molar-refractivity contribution in [2.75, 3.05) is 19.6 Å². The minimum Gasteiger partial charge on any atom is -0.463 e. The van der Waals surface area contributed by atoms with E-state index in [2.05, 4.69) is 27.5 Å². The van der Waals surface area contributed by atoms with Gasteiger partial charge in [0.1, 0.15) is 17.1 Å². The maximum atomic E-state index is 10.6. The number of rotatable bonds is 7. The van der Waals surface area contributed by atoms with Crippen molar-refractivity contribution >= 4 is 17.3 Å². The molecular formula is C17H26N4O2S. The fraction of sp³-hybridized carbons (Fsp3) is 0.529. The van der Waals surface area contributed by atoms with Crippen molar-refractivity contribution in [2.45, 2.75) is 39.7 Å². The molecule has 6 nitrogen and oxygen atoms in total. The molecule has 132 valence electrons. The number of nitrogens with one attached hydrogen (secondary N) is 2. The van der Waals surface area contributed by atoms with Gasteiger partial charge in [-0.3, -0.25) is 0 Å². The minimum absolute atomic E-state index is 0.214. The van der Waals surface area contributed by atoms with Crippen LogP contribution in [-0.2, 0) is 12.0 Å². The summed E-state index contributed by atoms with van der Waals surface area (Å²) in [5.74, 6) is 1.98. The van der Waals surface area contributed by atoms with Crippen LogP contribution in [0.1, 0.15) is 35.3 Å². The van der Waals surface area contributed by atoms with Gasteiger partial charge in [-0.05, 0) is 39.8 Å². The number of thiazole rings is 1. The van der Waals surface area contributed by atoms with E-state index < -0.39 is 5.60 Å². The summed E-state index contributed by atoms with van der Waals surface area (Å²) in [5, 5.41) is 18.1. The Bertz CT molecular complexity index is 676. The van der Waals surface area contributed by atoms with Gasteiger partial charge in [0, 0.05) is 30.6 Å². The highest BCUT2D eigenvalue weighted by Crippen LogP contribution is 2.23. The third-order valence-electron chi connectivity index (χ3n) is 3.46. The summed E-state index contributed by atoms with van der Waals surface area (Å²) < 4.78 is 5.51. The average molecular weight is 350 g/mol. The van der Waals surface area contributed by atoms with Gasteiger partial charge < -0.3 is 20.2 Å². The minimum atomic E-state index is -1.14. The van der Waals surface area contributed by atoms with Crippen molar-refractivity contribution in [2.24, 2.45) is 4.99 Å². The van der Waals surface area contributed by atoms with Crippen LogP contribution < -0.4 is 10.6 Å². The monoisotopic (exact) mass is 350 g/mol. The second kappa shape index (κ2) is 8.30. The van der Waals surface area contributed by atoms with Gasteiger partial charge in [0.15, 0.2) is 5.96 Å². The van der Waals surface area contributed by atoms with E-state index in [0.29, 0.717) is 11.7 Å². The van der Waals surface area contributed by atoms with E-state index in [1.54, 1.807) is 24.3 Å². The van der Waals surface area contributed by atoms with E-state index >= 15 is 0 Å². The van der Waals surface area contributed by atoms with Crippen molar-refractivity contribution < 1.29 is 9.52 Å². The Hall–Kier alpha value is -1.86. The standard InChI is InChI=1S/C17H26N4O2S/c1-5-18-16(19-9-8-15-20-10-13(3)24-15)21-11-17(4,22)14-7-6-12(2)23-14/h6-7,10,22H,5,8-9,11H2,1-4H3,(H2,18,19,21). The normalized spacial score (nSPS) is 14.5. The number of aromatic nitrogens is 1. The number of furan rings is 1. The maximum absolute atomic E-state index is 10.6. The van der Waals surface area contributed by atoms with Gasteiger partial charge in [0.25, 0.3) is 0 Å². The van der Waals surface area contributed by atoms with E-state index in [4.69, 9.17) is 4.42 Å². The van der Waals surface area contributed by atoms with Crippen molar-refractivity contribution in [1.82, 2.24) is 15.6 Å². The Labute approximate surface area is 147 Å². The summed E-state index contributed by atoms with van der Waals surface area (Å²) in [4.78, 5) is 10.0. The number of aliphatic hydroxyl groups is 1. The fourth-order valence-electron chi connectivity index (χ4n) is 2.18. The van der Waals surface area contributed by atoms with Crippen LogP contribution in [0, 0.1) is 13.8 Å². The van der Waals surface area contributed by atoms with Crippen LogP contribution in [-0.4, -0.2) is 35.7 Å². The molecule has 3 N–H and O–H groups in total. The molecule has 7 heteroatoms. The van der Waals surface area contributed by atoms with Crippen LogP contribution in [0.2, 0.25) is 0 Å². The lowest BCUT2D eigenvalue weighted by atomic mass is 10.0. The zero-order valence-corrected chi connectivity index (χ0v) is 15.5. The smallest absolute Gasteiger partial charge is 0.191 e. The van der Waals surface area contributed by atoms with Crippen molar-refractivity contribution in [3.05, 3.63) is 39.7 Å². The number of guanidine groups is 1. The molecule has 0 aliphatic heterocycles. The molecule has 0 amide bonds. The highest BCUT2D eigenvalue weighted by molar-refractivity contribution is 7.11. The molecule has 2 aromatic heterocycles. The number of hydrogen-bond acceptors (Lipinski definition) is 5. The van der Waals surface area contributed by atoms with Crippen LogP contribution in [0.3, 0.4) is 0 Å². The van der Waals surface area contributed by atoms with Gasteiger partial charge in [0.2, 0.25) is 0 Å². The summed E-state index contributed by atoms with van der Waals surface area (Å²) in [6, 6.07) is 3.63. The van der Waals surface area contributed by atoms with Gasteiger partial charge in [0.05, 0.1) is 11.6 Å². The Morgan fingerprint density at radius 3 is 2.75 bits per heavy atom. The lowest BCUT2D eigenvalue weighted by Crippen LogP contribution is -2.39. The van der Waals surface area contributed by atoms with Gasteiger partial charge in [-0.15, -0.1) is 11.3 Å². The SMILES string of the molecule is CCNC(=NCC(C)(O)c1ccc(C)o1)NCCc1ncc(C)s1. The van der Waals surface area contributed by atoms with Crippen LogP contribution in [0.25, 0.3) is 0 Å². The molecule has 0 saturated heterocycles. The van der Waals surface area contributed by atoms with Crippen LogP contribution >= 0.6 is 11.3 Å². The van der Waals surface area contributed by atoms with Crippen molar-refractivity contribution in [3.63, 3.8) is 0 Å². The Balaban J connectivity index is 1.91. The second-order valence-corrected chi connectivity index (χ2v) is 7.24.